The van der Waals surface area contributed by atoms with Crippen molar-refractivity contribution in [1.82, 2.24) is 29.7 Å². The number of nitrogens with zero attached hydrogens (tertiary/aromatic N) is 6. The average molecular weight is 873 g/mol. The lowest BCUT2D eigenvalue weighted by atomic mass is 9.93. The number of carbonyl (C=O) groups is 1. The summed E-state index contributed by atoms with van der Waals surface area (Å²) in [6.07, 6.45) is 1.90. The number of likely N-dealkylation sites (N-methyl/N-ethyl adjacent to an activating group) is 1. The Labute approximate surface area is 369 Å². The maximum Gasteiger partial charge on any atom is 0.345 e. The summed E-state index contributed by atoms with van der Waals surface area (Å²) in [6.45, 7) is 7.25. The van der Waals surface area contributed by atoms with E-state index in [1.807, 2.05) is 43.3 Å². The monoisotopic (exact) mass is 872 g/mol. The first kappa shape index (κ1) is 43.1. The molecule has 1 aliphatic heterocycles. The second kappa shape index (κ2) is 19.6. The van der Waals surface area contributed by atoms with Gasteiger partial charge in [0, 0.05) is 56.5 Å². The number of hydrogen-bond donors (Lipinski definition) is 1. The van der Waals surface area contributed by atoms with E-state index in [0.717, 1.165) is 43.9 Å². The molecule has 13 nitrogen and oxygen atoms in total. The van der Waals surface area contributed by atoms with Crippen LogP contribution in [0.25, 0.3) is 44.9 Å². The highest BCUT2D eigenvalue weighted by Crippen LogP contribution is 2.47. The summed E-state index contributed by atoms with van der Waals surface area (Å²) in [7, 11) is 3.71. The zero-order valence-electron chi connectivity index (χ0n) is 35.1. The summed E-state index contributed by atoms with van der Waals surface area (Å²) in [5.74, 6) is 0.801. The highest BCUT2D eigenvalue weighted by Gasteiger charge is 2.30. The molecular formula is C48H46ClFN6O7. The average Bonchev–Trinajstić information content (AvgIpc) is 3.70. The number of hydrogen-bond acceptors (Lipinski definition) is 12. The molecule has 3 aromatic heterocycles. The number of halogens is 2. The lowest BCUT2D eigenvalue weighted by Crippen LogP contribution is -2.45. The van der Waals surface area contributed by atoms with Crippen LogP contribution >= 0.6 is 11.6 Å². The maximum absolute atomic E-state index is 14.2. The largest absolute Gasteiger partial charge is 0.496 e. The third-order valence-electron chi connectivity index (χ3n) is 11.0. The highest BCUT2D eigenvalue weighted by molar-refractivity contribution is 6.33. The molecule has 0 spiro atoms. The highest BCUT2D eigenvalue weighted by atomic mass is 35.5. The standard InChI is InChI=1S/C48H46ClFN6O7/c1-4-34-35(17-18-39(43(34)49)60-26-25-56-23-21-55(2)22-24-56)41-42-46(52-29-53-47(42)63-44(41)30-13-15-32(50)16-14-30)62-40(48(57)58)27-31-9-5-7-11-37(31)61-28-33-19-20-51-45(54-33)36-10-6-8-12-38(36)59-3/h5-20,29,40H,4,21-28H2,1-3H3,(H,57,58). The molecule has 1 N–H and O–H groups in total. The van der Waals surface area contributed by atoms with Crippen molar-refractivity contribution in [3.63, 3.8) is 0 Å². The van der Waals surface area contributed by atoms with Gasteiger partial charge in [-0.15, -0.1) is 0 Å². The number of fused-ring (bicyclic) bond motifs is 1. The van der Waals surface area contributed by atoms with Crippen LogP contribution in [0.1, 0.15) is 23.7 Å². The molecule has 0 aliphatic carbocycles. The van der Waals surface area contributed by atoms with Crippen molar-refractivity contribution in [2.24, 2.45) is 0 Å². The summed E-state index contributed by atoms with van der Waals surface area (Å²) < 4.78 is 45.0. The fourth-order valence-corrected chi connectivity index (χ4v) is 7.97. The van der Waals surface area contributed by atoms with E-state index in [4.69, 9.17) is 39.9 Å². The van der Waals surface area contributed by atoms with E-state index in [1.165, 1.54) is 18.5 Å². The molecule has 0 radical (unpaired) electrons. The number of para-hydroxylation sites is 2. The van der Waals surface area contributed by atoms with Crippen molar-refractivity contribution in [2.45, 2.75) is 32.5 Å². The summed E-state index contributed by atoms with van der Waals surface area (Å²) in [4.78, 5) is 35.7. The van der Waals surface area contributed by atoms with E-state index in [0.29, 0.717) is 80.2 Å². The molecule has 1 saturated heterocycles. The Morgan fingerprint density at radius 3 is 2.41 bits per heavy atom. The number of carboxylic acids is 1. The van der Waals surface area contributed by atoms with Gasteiger partial charge in [0.2, 0.25) is 17.7 Å². The molecule has 0 saturated carbocycles. The molecule has 1 unspecified atom stereocenters. The Morgan fingerprint density at radius 1 is 0.889 bits per heavy atom. The fourth-order valence-electron chi connectivity index (χ4n) is 7.62. The van der Waals surface area contributed by atoms with Crippen molar-refractivity contribution < 1.29 is 37.7 Å². The van der Waals surface area contributed by atoms with Crippen molar-refractivity contribution in [3.05, 3.63) is 131 Å². The number of aromatic nitrogens is 4. The molecule has 7 aromatic rings. The van der Waals surface area contributed by atoms with Gasteiger partial charge in [0.25, 0.3) is 0 Å². The third-order valence-corrected chi connectivity index (χ3v) is 11.4. The van der Waals surface area contributed by atoms with Gasteiger partial charge in [0.15, 0.2) is 5.82 Å². The van der Waals surface area contributed by atoms with Crippen LogP contribution in [-0.4, -0.2) is 100 Å². The molecule has 15 heteroatoms. The van der Waals surface area contributed by atoms with Gasteiger partial charge in [0.1, 0.15) is 53.8 Å². The van der Waals surface area contributed by atoms with Crippen LogP contribution in [0.3, 0.4) is 0 Å². The molecule has 8 rings (SSSR count). The number of rotatable bonds is 17. The van der Waals surface area contributed by atoms with Gasteiger partial charge in [-0.1, -0.05) is 54.9 Å². The smallest absolute Gasteiger partial charge is 0.345 e. The van der Waals surface area contributed by atoms with E-state index in [9.17, 15) is 14.3 Å². The van der Waals surface area contributed by atoms with E-state index in [-0.39, 0.29) is 24.6 Å². The van der Waals surface area contributed by atoms with Crippen molar-refractivity contribution in [1.29, 1.82) is 0 Å². The lowest BCUT2D eigenvalue weighted by molar-refractivity contribution is -0.145. The third kappa shape index (κ3) is 9.73. The van der Waals surface area contributed by atoms with Crippen LogP contribution in [0.2, 0.25) is 5.02 Å². The Bertz CT molecular complexity index is 2710. The van der Waals surface area contributed by atoms with Crippen LogP contribution in [0.15, 0.2) is 108 Å². The van der Waals surface area contributed by atoms with Gasteiger partial charge in [-0.2, -0.15) is 0 Å². The lowest BCUT2D eigenvalue weighted by Gasteiger charge is -2.32. The molecule has 1 fully saturated rings. The van der Waals surface area contributed by atoms with Gasteiger partial charge in [0.05, 0.1) is 23.4 Å². The quantitative estimate of drug-likeness (QED) is 0.0933. The second-order valence-electron chi connectivity index (χ2n) is 15.0. The van der Waals surface area contributed by atoms with Gasteiger partial charge in [-0.25, -0.2) is 29.1 Å². The normalized spacial score (nSPS) is 13.8. The minimum atomic E-state index is -1.42. The number of benzene rings is 4. The van der Waals surface area contributed by atoms with Crippen LogP contribution in [0, 0.1) is 5.82 Å². The van der Waals surface area contributed by atoms with E-state index in [2.05, 4.69) is 31.8 Å². The minimum Gasteiger partial charge on any atom is -0.496 e. The topological polar surface area (TPSA) is 145 Å². The number of piperazine rings is 1. The predicted molar refractivity (Wildman–Crippen MR) is 237 cm³/mol. The van der Waals surface area contributed by atoms with Crippen molar-refractivity contribution in [2.75, 3.05) is 53.5 Å². The van der Waals surface area contributed by atoms with Crippen LogP contribution in [0.4, 0.5) is 4.39 Å². The first-order valence-corrected chi connectivity index (χ1v) is 21.0. The zero-order chi connectivity index (χ0) is 43.9. The minimum absolute atomic E-state index is 0.0200. The molecule has 63 heavy (non-hydrogen) atoms. The number of furan rings is 1. The number of carboxylic acid groups (broad SMARTS) is 1. The van der Waals surface area contributed by atoms with Crippen molar-refractivity contribution in [3.8, 4) is 57.0 Å². The Balaban J connectivity index is 1.10. The summed E-state index contributed by atoms with van der Waals surface area (Å²) >= 11 is 7.14. The van der Waals surface area contributed by atoms with E-state index in [1.54, 1.807) is 55.8 Å². The van der Waals surface area contributed by atoms with E-state index < -0.39 is 17.9 Å². The van der Waals surface area contributed by atoms with Crippen molar-refractivity contribution >= 4 is 28.7 Å². The van der Waals surface area contributed by atoms with Crippen LogP contribution < -0.4 is 18.9 Å². The first-order chi connectivity index (χ1) is 30.7. The van der Waals surface area contributed by atoms with Gasteiger partial charge in [-0.05, 0) is 84.8 Å². The van der Waals surface area contributed by atoms with Crippen LogP contribution in [0.5, 0.6) is 23.1 Å². The molecule has 4 heterocycles. The molecule has 324 valence electrons. The van der Waals surface area contributed by atoms with Crippen LogP contribution in [-0.2, 0) is 24.2 Å². The maximum atomic E-state index is 14.2. The van der Waals surface area contributed by atoms with E-state index >= 15 is 0 Å². The molecule has 1 atom stereocenters. The Kier molecular flexibility index (Phi) is 13.4. The Morgan fingerprint density at radius 2 is 1.65 bits per heavy atom. The SMILES string of the molecule is CCc1c(-c2c(-c3ccc(F)cc3)oc3ncnc(OC(Cc4ccccc4OCc4ccnc(-c5ccccc5OC)n4)C(=O)O)c23)ccc(OCCN2CCN(C)CC2)c1Cl. The number of ether oxygens (including phenoxy) is 4. The zero-order valence-corrected chi connectivity index (χ0v) is 35.8. The first-order valence-electron chi connectivity index (χ1n) is 20.6. The fraction of sp³-hybridized carbons (Fsp3) is 0.271. The number of methoxy groups -OCH3 is 1. The molecule has 0 amide bonds. The number of aliphatic carboxylic acids is 1. The summed E-state index contributed by atoms with van der Waals surface area (Å²) in [6, 6.07) is 26.0. The van der Waals surface area contributed by atoms with Gasteiger partial charge >= 0.3 is 5.97 Å². The van der Waals surface area contributed by atoms with Gasteiger partial charge in [-0.3, -0.25) is 4.90 Å². The summed E-state index contributed by atoms with van der Waals surface area (Å²) in [5, 5.41) is 11.4. The predicted octanol–water partition coefficient (Wildman–Crippen LogP) is 8.66. The molecule has 1 aliphatic rings. The molecule has 0 bridgehead atoms. The molecule has 4 aromatic carbocycles. The molecular weight excluding hydrogens is 827 g/mol. The Hall–Kier alpha value is -6.61. The van der Waals surface area contributed by atoms with Gasteiger partial charge < -0.3 is 33.4 Å². The second-order valence-corrected chi connectivity index (χ2v) is 15.4. The summed E-state index contributed by atoms with van der Waals surface area (Å²) in [5.41, 5.74) is 4.57.